The average Bonchev–Trinajstić information content (AvgIpc) is 2.82. The van der Waals surface area contributed by atoms with Gasteiger partial charge in [-0.15, -0.1) is 0 Å². The second-order valence-corrected chi connectivity index (χ2v) is 7.43. The molecule has 0 unspecified atom stereocenters. The number of esters is 1. The summed E-state index contributed by atoms with van der Waals surface area (Å²) in [5.74, 6) is 0.000363. The van der Waals surface area contributed by atoms with Crippen molar-refractivity contribution in [2.45, 2.75) is 13.1 Å². The van der Waals surface area contributed by atoms with Gasteiger partial charge in [0.05, 0.1) is 28.9 Å². The number of hydrogen-bond donors (Lipinski definition) is 0. The molecule has 1 aliphatic heterocycles. The first-order chi connectivity index (χ1) is 15.8. The lowest BCUT2D eigenvalue weighted by atomic mass is 10.0. The van der Waals surface area contributed by atoms with Gasteiger partial charge in [-0.2, -0.15) is 18.4 Å². The van der Waals surface area contributed by atoms with Crippen LogP contribution in [0.5, 0.6) is 0 Å². The van der Waals surface area contributed by atoms with Gasteiger partial charge in [0.2, 0.25) is 0 Å². The molecule has 0 atom stereocenters. The van der Waals surface area contributed by atoms with E-state index in [1.54, 1.807) is 25.3 Å². The Labute approximate surface area is 188 Å². The molecule has 0 radical (unpaired) electrons. The average molecular weight is 455 g/mol. The number of hydrogen-bond acceptors (Lipinski definition) is 7. The summed E-state index contributed by atoms with van der Waals surface area (Å²) >= 11 is 0. The van der Waals surface area contributed by atoms with Crippen LogP contribution in [0.3, 0.4) is 0 Å². The quantitative estimate of drug-likeness (QED) is 0.550. The van der Waals surface area contributed by atoms with Gasteiger partial charge in [-0.1, -0.05) is 6.07 Å². The summed E-state index contributed by atoms with van der Waals surface area (Å²) in [5, 5.41) is 9.80. The number of aromatic nitrogens is 2. The number of carbonyl (C=O) groups is 1. The minimum Gasteiger partial charge on any atom is -0.462 e. The molecule has 3 aromatic rings. The second-order valence-electron chi connectivity index (χ2n) is 7.43. The molecule has 4 rings (SSSR count). The van der Waals surface area contributed by atoms with Crippen molar-refractivity contribution in [2.75, 3.05) is 42.6 Å². The number of rotatable bonds is 4. The Morgan fingerprint density at radius 1 is 1.15 bits per heavy atom. The van der Waals surface area contributed by atoms with Gasteiger partial charge in [0.15, 0.2) is 0 Å². The molecule has 0 N–H and O–H groups in total. The zero-order valence-electron chi connectivity index (χ0n) is 17.8. The summed E-state index contributed by atoms with van der Waals surface area (Å²) in [6, 6.07) is 8.85. The number of halogens is 3. The molecule has 10 heteroatoms. The summed E-state index contributed by atoms with van der Waals surface area (Å²) in [4.78, 5) is 25.0. The number of pyridine rings is 2. The molecule has 170 valence electrons. The van der Waals surface area contributed by atoms with Gasteiger partial charge < -0.3 is 14.5 Å². The molecule has 1 aromatic carbocycles. The first-order valence-electron chi connectivity index (χ1n) is 10.4. The van der Waals surface area contributed by atoms with Crippen LogP contribution in [0, 0.1) is 11.3 Å². The first-order valence-corrected chi connectivity index (χ1v) is 10.4. The van der Waals surface area contributed by atoms with Crippen molar-refractivity contribution in [1.82, 2.24) is 9.97 Å². The maximum Gasteiger partial charge on any atom is 0.416 e. The fourth-order valence-electron chi connectivity index (χ4n) is 3.93. The normalized spacial score (nSPS) is 14.3. The van der Waals surface area contributed by atoms with Crippen molar-refractivity contribution < 1.29 is 22.7 Å². The SMILES string of the molecule is CCOC(=O)c1cnc2cc(C(F)(F)F)ccc2c1N1CCN(c2ncccc2C#N)CC1. The first kappa shape index (κ1) is 22.3. The molecule has 0 amide bonds. The molecule has 1 aliphatic rings. The Bertz CT molecular complexity index is 1230. The lowest BCUT2D eigenvalue weighted by Crippen LogP contribution is -2.47. The van der Waals surface area contributed by atoms with Gasteiger partial charge in [0.1, 0.15) is 17.5 Å². The van der Waals surface area contributed by atoms with E-state index in [1.165, 1.54) is 12.3 Å². The number of ether oxygens (including phenoxy) is 1. The third-order valence-corrected chi connectivity index (χ3v) is 5.47. The predicted octanol–water partition coefficient (Wildman–Crippen LogP) is 4.02. The third kappa shape index (κ3) is 4.39. The van der Waals surface area contributed by atoms with E-state index in [9.17, 15) is 23.2 Å². The largest absolute Gasteiger partial charge is 0.462 e. The van der Waals surface area contributed by atoms with E-state index < -0.39 is 17.7 Å². The molecule has 0 aliphatic carbocycles. The highest BCUT2D eigenvalue weighted by Crippen LogP contribution is 2.36. The Morgan fingerprint density at radius 2 is 1.88 bits per heavy atom. The number of fused-ring (bicyclic) bond motifs is 1. The van der Waals surface area contributed by atoms with Crippen molar-refractivity contribution in [3.8, 4) is 6.07 Å². The highest BCUT2D eigenvalue weighted by molar-refractivity contribution is 6.05. The molecule has 2 aromatic heterocycles. The lowest BCUT2D eigenvalue weighted by Gasteiger charge is -2.38. The smallest absolute Gasteiger partial charge is 0.416 e. The van der Waals surface area contributed by atoms with Gasteiger partial charge in [-0.3, -0.25) is 4.98 Å². The second kappa shape index (κ2) is 8.94. The molecular weight excluding hydrogens is 435 g/mol. The van der Waals surface area contributed by atoms with Crippen molar-refractivity contribution in [3.05, 3.63) is 59.4 Å². The monoisotopic (exact) mass is 455 g/mol. The molecule has 1 saturated heterocycles. The van der Waals surface area contributed by atoms with Gasteiger partial charge in [-0.05, 0) is 31.2 Å². The zero-order chi connectivity index (χ0) is 23.6. The van der Waals surface area contributed by atoms with E-state index in [-0.39, 0.29) is 17.7 Å². The predicted molar refractivity (Wildman–Crippen MR) is 116 cm³/mol. The Kier molecular flexibility index (Phi) is 6.05. The molecule has 0 spiro atoms. The molecule has 1 fully saturated rings. The van der Waals surface area contributed by atoms with Gasteiger partial charge in [-0.25, -0.2) is 9.78 Å². The Morgan fingerprint density at radius 3 is 2.55 bits per heavy atom. The van der Waals surface area contributed by atoms with E-state index in [0.717, 1.165) is 12.1 Å². The van der Waals surface area contributed by atoms with Crippen LogP contribution in [0.4, 0.5) is 24.7 Å². The van der Waals surface area contributed by atoms with E-state index in [2.05, 4.69) is 16.0 Å². The molecular formula is C23H20F3N5O2. The van der Waals surface area contributed by atoms with Crippen LogP contribution in [0.15, 0.2) is 42.7 Å². The summed E-state index contributed by atoms with van der Waals surface area (Å²) in [6.07, 6.45) is -1.60. The molecule has 0 bridgehead atoms. The number of carbonyl (C=O) groups excluding carboxylic acids is 1. The van der Waals surface area contributed by atoms with Crippen LogP contribution in [0.25, 0.3) is 10.9 Å². The minimum absolute atomic E-state index is 0.145. The third-order valence-electron chi connectivity index (χ3n) is 5.47. The number of benzene rings is 1. The number of piperazine rings is 1. The minimum atomic E-state index is -4.50. The summed E-state index contributed by atoms with van der Waals surface area (Å²) in [6.45, 7) is 3.80. The number of anilines is 2. The van der Waals surface area contributed by atoms with Gasteiger partial charge in [0.25, 0.3) is 0 Å². The van der Waals surface area contributed by atoms with Crippen molar-refractivity contribution >= 4 is 28.4 Å². The van der Waals surface area contributed by atoms with E-state index in [1.807, 2.05) is 9.80 Å². The summed E-state index contributed by atoms with van der Waals surface area (Å²) in [5.41, 5.74) is 0.502. The van der Waals surface area contributed by atoms with Crippen LogP contribution in [0.1, 0.15) is 28.4 Å². The van der Waals surface area contributed by atoms with Crippen LogP contribution in [0.2, 0.25) is 0 Å². The topological polar surface area (TPSA) is 82.3 Å². The van der Waals surface area contributed by atoms with Crippen molar-refractivity contribution in [3.63, 3.8) is 0 Å². The molecule has 7 nitrogen and oxygen atoms in total. The molecule has 3 heterocycles. The van der Waals surface area contributed by atoms with Crippen LogP contribution < -0.4 is 9.80 Å². The van der Waals surface area contributed by atoms with Crippen molar-refractivity contribution in [2.24, 2.45) is 0 Å². The fraction of sp³-hybridized carbons (Fsp3) is 0.304. The van der Waals surface area contributed by atoms with Crippen LogP contribution in [-0.2, 0) is 10.9 Å². The standard InChI is InChI=1S/C23H20F3N5O2/c1-2-33-22(32)18-14-29-19-12-16(23(24,25)26)5-6-17(19)20(18)30-8-10-31(11-9-30)21-15(13-27)4-3-7-28-21/h3-7,12,14H,2,8-11H2,1H3. The fourth-order valence-corrected chi connectivity index (χ4v) is 3.93. The van der Waals surface area contributed by atoms with E-state index in [0.29, 0.717) is 48.6 Å². The number of nitrogens with zero attached hydrogens (tertiary/aromatic N) is 5. The highest BCUT2D eigenvalue weighted by atomic mass is 19.4. The number of nitriles is 1. The van der Waals surface area contributed by atoms with Crippen LogP contribution >= 0.6 is 0 Å². The lowest BCUT2D eigenvalue weighted by molar-refractivity contribution is -0.137. The maximum absolute atomic E-state index is 13.2. The van der Waals surface area contributed by atoms with Gasteiger partial charge in [0, 0.05) is 44.0 Å². The van der Waals surface area contributed by atoms with E-state index in [4.69, 9.17) is 4.74 Å². The molecule has 33 heavy (non-hydrogen) atoms. The van der Waals surface area contributed by atoms with Crippen LogP contribution in [-0.4, -0.2) is 48.7 Å². The van der Waals surface area contributed by atoms with Gasteiger partial charge >= 0.3 is 12.1 Å². The van der Waals surface area contributed by atoms with E-state index >= 15 is 0 Å². The molecule has 0 saturated carbocycles. The Hall–Kier alpha value is -3.87. The summed E-state index contributed by atoms with van der Waals surface area (Å²) in [7, 11) is 0. The number of alkyl halides is 3. The summed E-state index contributed by atoms with van der Waals surface area (Å²) < 4.78 is 44.8. The maximum atomic E-state index is 13.2. The highest BCUT2D eigenvalue weighted by Gasteiger charge is 2.32. The zero-order valence-corrected chi connectivity index (χ0v) is 17.8. The Balaban J connectivity index is 1.71. The van der Waals surface area contributed by atoms with Crippen molar-refractivity contribution in [1.29, 1.82) is 5.26 Å².